The molecule has 0 bridgehead atoms. The molecule has 1 amide bonds. The van der Waals surface area contributed by atoms with Crippen molar-refractivity contribution in [3.05, 3.63) is 58.7 Å². The van der Waals surface area contributed by atoms with E-state index in [1.54, 1.807) is 5.01 Å². The number of aryl methyl sites for hydroxylation is 2. The highest BCUT2D eigenvalue weighted by Gasteiger charge is 2.35. The molecule has 1 unspecified atom stereocenters. The molecule has 0 spiro atoms. The second-order valence-electron chi connectivity index (χ2n) is 8.32. The molecule has 2 aromatic rings. The number of rotatable bonds is 4. The maximum Gasteiger partial charge on any atom is 0.257 e. The Labute approximate surface area is 182 Å². The zero-order valence-electron chi connectivity index (χ0n) is 18.0. The van der Waals surface area contributed by atoms with Gasteiger partial charge in [-0.05, 0) is 43.2 Å². The van der Waals surface area contributed by atoms with E-state index in [4.69, 9.17) is 19.3 Å². The minimum atomic E-state index is -0.169. The number of hydrazone groups is 1. The molecule has 0 saturated carbocycles. The van der Waals surface area contributed by atoms with Gasteiger partial charge in [-0.25, -0.2) is 5.01 Å². The third-order valence-corrected chi connectivity index (χ3v) is 6.11. The Hall–Kier alpha value is -2.90. The van der Waals surface area contributed by atoms with E-state index in [0.29, 0.717) is 26.2 Å². The van der Waals surface area contributed by atoms with Crippen LogP contribution in [0.1, 0.15) is 34.7 Å². The van der Waals surface area contributed by atoms with Crippen molar-refractivity contribution < 1.29 is 19.0 Å². The summed E-state index contributed by atoms with van der Waals surface area (Å²) in [7, 11) is 0. The third-order valence-electron chi connectivity index (χ3n) is 6.11. The summed E-state index contributed by atoms with van der Waals surface area (Å²) >= 11 is 0. The summed E-state index contributed by atoms with van der Waals surface area (Å²) in [5.74, 6) is 1.46. The number of fused-ring (bicyclic) bond motifs is 1. The van der Waals surface area contributed by atoms with E-state index < -0.39 is 0 Å². The van der Waals surface area contributed by atoms with Crippen molar-refractivity contribution in [2.24, 2.45) is 5.10 Å². The molecule has 3 heterocycles. The fourth-order valence-electron chi connectivity index (χ4n) is 4.35. The van der Waals surface area contributed by atoms with Crippen LogP contribution in [0.4, 0.5) is 0 Å². The third kappa shape index (κ3) is 4.03. The molecule has 0 aromatic heterocycles. The van der Waals surface area contributed by atoms with E-state index in [2.05, 4.69) is 36.9 Å². The van der Waals surface area contributed by atoms with Crippen molar-refractivity contribution >= 4 is 11.6 Å². The lowest BCUT2D eigenvalue weighted by Crippen LogP contribution is -2.43. The van der Waals surface area contributed by atoms with Gasteiger partial charge < -0.3 is 14.2 Å². The molecule has 31 heavy (non-hydrogen) atoms. The van der Waals surface area contributed by atoms with Crippen LogP contribution in [0.3, 0.4) is 0 Å². The number of carbonyl (C=O) groups is 1. The van der Waals surface area contributed by atoms with Crippen LogP contribution in [-0.4, -0.2) is 61.2 Å². The summed E-state index contributed by atoms with van der Waals surface area (Å²) in [6.45, 7) is 7.59. The van der Waals surface area contributed by atoms with Crippen molar-refractivity contribution in [2.75, 3.05) is 39.6 Å². The molecule has 1 saturated heterocycles. The van der Waals surface area contributed by atoms with Gasteiger partial charge in [0.1, 0.15) is 0 Å². The molecule has 162 valence electrons. The quantitative estimate of drug-likeness (QED) is 0.759. The minimum Gasteiger partial charge on any atom is -0.454 e. The van der Waals surface area contributed by atoms with Gasteiger partial charge in [0.2, 0.25) is 6.79 Å². The van der Waals surface area contributed by atoms with E-state index in [1.165, 1.54) is 5.56 Å². The molecule has 3 aliphatic heterocycles. The molecular weight excluding hydrogens is 394 g/mol. The topological polar surface area (TPSA) is 63.6 Å². The van der Waals surface area contributed by atoms with Crippen LogP contribution < -0.4 is 9.47 Å². The standard InChI is InChI=1S/C24H27N3O4/c1-16-3-4-17(2)19(11-16)20-13-21(18-5-6-22-23(12-18)31-15-30-22)27(25-20)24(28)14-26-7-9-29-10-8-26/h3-6,11-12,21H,7-10,13-15H2,1-2H3. The minimum absolute atomic E-state index is 0.00451. The molecule has 3 aliphatic rings. The summed E-state index contributed by atoms with van der Waals surface area (Å²) in [5.41, 5.74) is 5.40. The number of nitrogens with zero attached hydrogens (tertiary/aromatic N) is 3. The second kappa shape index (κ2) is 8.32. The average Bonchev–Trinajstić information content (AvgIpc) is 3.43. The largest absolute Gasteiger partial charge is 0.454 e. The lowest BCUT2D eigenvalue weighted by Gasteiger charge is -2.29. The van der Waals surface area contributed by atoms with E-state index in [9.17, 15) is 4.79 Å². The first-order valence-electron chi connectivity index (χ1n) is 10.8. The van der Waals surface area contributed by atoms with E-state index in [1.807, 2.05) is 18.2 Å². The van der Waals surface area contributed by atoms with Crippen LogP contribution in [0, 0.1) is 13.8 Å². The van der Waals surface area contributed by atoms with Crippen LogP contribution in [0.5, 0.6) is 11.5 Å². The predicted octanol–water partition coefficient (Wildman–Crippen LogP) is 3.04. The normalized spacial score (nSPS) is 20.8. The van der Waals surface area contributed by atoms with Gasteiger partial charge in [-0.15, -0.1) is 0 Å². The lowest BCUT2D eigenvalue weighted by molar-refractivity contribution is -0.135. The smallest absolute Gasteiger partial charge is 0.257 e. The Balaban J connectivity index is 1.46. The Morgan fingerprint density at radius 3 is 2.71 bits per heavy atom. The van der Waals surface area contributed by atoms with Gasteiger partial charge in [0.25, 0.3) is 5.91 Å². The lowest BCUT2D eigenvalue weighted by atomic mass is 9.95. The average molecular weight is 421 g/mol. The van der Waals surface area contributed by atoms with Crippen molar-refractivity contribution in [1.82, 2.24) is 9.91 Å². The Morgan fingerprint density at radius 1 is 1.06 bits per heavy atom. The summed E-state index contributed by atoms with van der Waals surface area (Å²) in [6, 6.07) is 12.1. The van der Waals surface area contributed by atoms with Crippen molar-refractivity contribution in [3.8, 4) is 11.5 Å². The van der Waals surface area contributed by atoms with Crippen LogP contribution >= 0.6 is 0 Å². The number of amides is 1. The summed E-state index contributed by atoms with van der Waals surface area (Å²) in [4.78, 5) is 15.5. The van der Waals surface area contributed by atoms with Gasteiger partial charge in [-0.2, -0.15) is 5.10 Å². The maximum absolute atomic E-state index is 13.3. The molecule has 0 N–H and O–H groups in total. The van der Waals surface area contributed by atoms with Gasteiger partial charge in [-0.1, -0.05) is 23.8 Å². The van der Waals surface area contributed by atoms with E-state index in [-0.39, 0.29) is 18.7 Å². The predicted molar refractivity (Wildman–Crippen MR) is 116 cm³/mol. The highest BCUT2D eigenvalue weighted by Crippen LogP contribution is 2.39. The fraction of sp³-hybridized carbons (Fsp3) is 0.417. The molecule has 5 rings (SSSR count). The Kier molecular flexibility index (Phi) is 5.38. The highest BCUT2D eigenvalue weighted by atomic mass is 16.7. The number of morpholine rings is 1. The molecule has 7 nitrogen and oxygen atoms in total. The highest BCUT2D eigenvalue weighted by molar-refractivity contribution is 6.04. The Morgan fingerprint density at radius 2 is 1.87 bits per heavy atom. The SMILES string of the molecule is Cc1ccc(C)c(C2=NN(C(=O)CN3CCOCC3)C(c3ccc4c(c3)OCO4)C2)c1. The first kappa shape index (κ1) is 20.0. The fourth-order valence-corrected chi connectivity index (χ4v) is 4.35. The van der Waals surface area contributed by atoms with Crippen molar-refractivity contribution in [3.63, 3.8) is 0 Å². The van der Waals surface area contributed by atoms with Crippen LogP contribution in [0.25, 0.3) is 0 Å². The number of carbonyl (C=O) groups excluding carboxylic acids is 1. The molecule has 1 atom stereocenters. The van der Waals surface area contributed by atoms with Crippen LogP contribution in [0.2, 0.25) is 0 Å². The number of hydrogen-bond acceptors (Lipinski definition) is 6. The number of hydrogen-bond donors (Lipinski definition) is 0. The summed E-state index contributed by atoms with van der Waals surface area (Å²) in [6.07, 6.45) is 0.665. The molecular formula is C24H27N3O4. The van der Waals surface area contributed by atoms with Gasteiger partial charge in [-0.3, -0.25) is 9.69 Å². The molecule has 2 aromatic carbocycles. The number of benzene rings is 2. The van der Waals surface area contributed by atoms with Crippen LogP contribution in [0.15, 0.2) is 41.5 Å². The van der Waals surface area contributed by atoms with Gasteiger partial charge in [0.05, 0.1) is 31.5 Å². The molecule has 0 aliphatic carbocycles. The second-order valence-corrected chi connectivity index (χ2v) is 8.32. The van der Waals surface area contributed by atoms with Gasteiger partial charge >= 0.3 is 0 Å². The Bertz CT molecular complexity index is 1030. The first-order valence-corrected chi connectivity index (χ1v) is 10.8. The van der Waals surface area contributed by atoms with Crippen molar-refractivity contribution in [1.29, 1.82) is 0 Å². The monoisotopic (exact) mass is 421 g/mol. The number of ether oxygens (including phenoxy) is 3. The summed E-state index contributed by atoms with van der Waals surface area (Å²) < 4.78 is 16.5. The van der Waals surface area contributed by atoms with Crippen LogP contribution in [-0.2, 0) is 9.53 Å². The van der Waals surface area contributed by atoms with Gasteiger partial charge in [0.15, 0.2) is 11.5 Å². The van der Waals surface area contributed by atoms with Gasteiger partial charge in [0, 0.05) is 25.1 Å². The zero-order valence-corrected chi connectivity index (χ0v) is 18.0. The molecule has 0 radical (unpaired) electrons. The first-order chi connectivity index (χ1) is 15.1. The molecule has 7 heteroatoms. The molecule has 1 fully saturated rings. The maximum atomic E-state index is 13.3. The summed E-state index contributed by atoms with van der Waals surface area (Å²) in [5, 5.41) is 6.52. The van der Waals surface area contributed by atoms with Crippen molar-refractivity contribution in [2.45, 2.75) is 26.3 Å². The zero-order chi connectivity index (χ0) is 21.4. The van der Waals surface area contributed by atoms with E-state index in [0.717, 1.165) is 47.0 Å². The van der Waals surface area contributed by atoms with E-state index >= 15 is 0 Å².